The molecule has 7 nitrogen and oxygen atoms in total. The fourth-order valence-corrected chi connectivity index (χ4v) is 4.82. The Bertz CT molecular complexity index is 900. The zero-order valence-electron chi connectivity index (χ0n) is 17.2. The lowest BCUT2D eigenvalue weighted by atomic mass is 10.2. The lowest BCUT2D eigenvalue weighted by Crippen LogP contribution is -2.50. The summed E-state index contributed by atoms with van der Waals surface area (Å²) in [5.74, 6) is -0.147. The maximum absolute atomic E-state index is 12.7. The predicted molar refractivity (Wildman–Crippen MR) is 126 cm³/mol. The van der Waals surface area contributed by atoms with Gasteiger partial charge in [-0.05, 0) is 31.1 Å². The largest absolute Gasteiger partial charge is 0.450 e. The van der Waals surface area contributed by atoms with Crippen molar-refractivity contribution in [3.63, 3.8) is 0 Å². The average molecular weight is 482 g/mol. The third-order valence-corrected chi connectivity index (χ3v) is 6.72. The van der Waals surface area contributed by atoms with Crippen LogP contribution in [0.25, 0.3) is 6.08 Å². The molecule has 0 atom stereocenters. The highest BCUT2D eigenvalue weighted by Gasteiger charge is 2.32. The SMILES string of the molecule is CCOC(=O)N1CCN(C(=O)CCCN2C(=O)C(=Cc3ccccc3Cl)SC2=S)CC1. The second-order valence-corrected chi connectivity index (χ2v) is 9.11. The van der Waals surface area contributed by atoms with E-state index in [1.165, 1.54) is 16.7 Å². The maximum atomic E-state index is 12.7. The summed E-state index contributed by atoms with van der Waals surface area (Å²) in [7, 11) is 0. The molecule has 0 radical (unpaired) electrons. The quantitative estimate of drug-likeness (QED) is 0.456. The van der Waals surface area contributed by atoms with Crippen molar-refractivity contribution >= 4 is 63.9 Å². The molecule has 3 amide bonds. The fraction of sp³-hybridized carbons (Fsp3) is 0.429. The normalized spacial score (nSPS) is 18.1. The number of rotatable bonds is 6. The first-order valence-corrected chi connectivity index (χ1v) is 11.7. The molecule has 2 saturated heterocycles. The molecule has 0 bridgehead atoms. The number of carbonyl (C=O) groups excluding carboxylic acids is 3. The Morgan fingerprint density at radius 1 is 1.19 bits per heavy atom. The Morgan fingerprint density at radius 2 is 1.87 bits per heavy atom. The smallest absolute Gasteiger partial charge is 0.409 e. The molecule has 2 aliphatic rings. The number of benzene rings is 1. The van der Waals surface area contributed by atoms with Gasteiger partial charge in [0, 0.05) is 44.2 Å². The Kier molecular flexibility index (Phi) is 8.34. The van der Waals surface area contributed by atoms with Gasteiger partial charge >= 0.3 is 6.09 Å². The highest BCUT2D eigenvalue weighted by atomic mass is 35.5. The van der Waals surface area contributed by atoms with Gasteiger partial charge in [0.15, 0.2) is 0 Å². The molecule has 0 aromatic heterocycles. The lowest BCUT2D eigenvalue weighted by molar-refractivity contribution is -0.133. The molecule has 0 N–H and O–H groups in total. The van der Waals surface area contributed by atoms with E-state index in [0.29, 0.717) is 66.4 Å². The van der Waals surface area contributed by atoms with Crippen LogP contribution in [0.4, 0.5) is 4.79 Å². The topological polar surface area (TPSA) is 70.2 Å². The number of ether oxygens (including phenoxy) is 1. The van der Waals surface area contributed by atoms with Crippen LogP contribution in [-0.2, 0) is 14.3 Å². The van der Waals surface area contributed by atoms with Crippen molar-refractivity contribution in [3.05, 3.63) is 39.8 Å². The van der Waals surface area contributed by atoms with Crippen LogP contribution in [0.15, 0.2) is 29.2 Å². The summed E-state index contributed by atoms with van der Waals surface area (Å²) in [5.41, 5.74) is 0.766. The van der Waals surface area contributed by atoms with Crippen molar-refractivity contribution in [2.24, 2.45) is 0 Å². The molecule has 2 heterocycles. The van der Waals surface area contributed by atoms with Crippen LogP contribution in [0.3, 0.4) is 0 Å². The number of thiocarbonyl (C=S) groups is 1. The molecule has 166 valence electrons. The summed E-state index contributed by atoms with van der Waals surface area (Å²) in [6.07, 6.45) is 2.24. The van der Waals surface area contributed by atoms with E-state index in [-0.39, 0.29) is 17.9 Å². The fourth-order valence-electron chi connectivity index (χ4n) is 3.33. The van der Waals surface area contributed by atoms with E-state index >= 15 is 0 Å². The lowest BCUT2D eigenvalue weighted by Gasteiger charge is -2.34. The van der Waals surface area contributed by atoms with Crippen molar-refractivity contribution in [1.82, 2.24) is 14.7 Å². The number of carbonyl (C=O) groups is 3. The molecule has 1 aromatic carbocycles. The van der Waals surface area contributed by atoms with Gasteiger partial charge < -0.3 is 14.5 Å². The molecular weight excluding hydrogens is 458 g/mol. The minimum atomic E-state index is -0.339. The minimum absolute atomic E-state index is 0.0144. The van der Waals surface area contributed by atoms with Crippen LogP contribution >= 0.6 is 35.6 Å². The summed E-state index contributed by atoms with van der Waals surface area (Å²) in [6.45, 7) is 4.39. The second-order valence-electron chi connectivity index (χ2n) is 7.03. The first-order valence-electron chi connectivity index (χ1n) is 10.1. The van der Waals surface area contributed by atoms with Crippen LogP contribution in [0.5, 0.6) is 0 Å². The Morgan fingerprint density at radius 3 is 2.55 bits per heavy atom. The number of piperazine rings is 1. The molecule has 1 aromatic rings. The third-order valence-electron chi connectivity index (χ3n) is 5.00. The van der Waals surface area contributed by atoms with E-state index in [9.17, 15) is 14.4 Å². The van der Waals surface area contributed by atoms with E-state index < -0.39 is 0 Å². The van der Waals surface area contributed by atoms with E-state index in [4.69, 9.17) is 28.6 Å². The van der Waals surface area contributed by atoms with Gasteiger partial charge in [-0.1, -0.05) is 53.8 Å². The van der Waals surface area contributed by atoms with E-state index in [0.717, 1.165) is 5.56 Å². The standard InChI is InChI=1S/C21H24ClN3O4S2/c1-2-29-20(28)24-12-10-23(11-13-24)18(26)8-5-9-25-19(27)17(31-21(25)30)14-15-6-3-4-7-16(15)22/h3-4,6-7,14H,2,5,8-13H2,1H3. The zero-order chi connectivity index (χ0) is 22.4. The molecule has 0 unspecified atom stereocenters. The van der Waals surface area contributed by atoms with Gasteiger partial charge in [-0.15, -0.1) is 0 Å². The minimum Gasteiger partial charge on any atom is -0.450 e. The number of hydrogen-bond donors (Lipinski definition) is 0. The second kappa shape index (κ2) is 11.0. The Hall–Kier alpha value is -2.10. The van der Waals surface area contributed by atoms with E-state index in [2.05, 4.69) is 0 Å². The Labute approximate surface area is 196 Å². The van der Waals surface area contributed by atoms with Crippen LogP contribution in [0.2, 0.25) is 5.02 Å². The van der Waals surface area contributed by atoms with E-state index in [1.54, 1.807) is 28.9 Å². The molecule has 2 fully saturated rings. The number of thioether (sulfide) groups is 1. The van der Waals surface area contributed by atoms with Crippen LogP contribution in [-0.4, -0.2) is 76.3 Å². The Balaban J connectivity index is 1.47. The highest BCUT2D eigenvalue weighted by Crippen LogP contribution is 2.33. The summed E-state index contributed by atoms with van der Waals surface area (Å²) in [5, 5.41) is 0.571. The summed E-state index contributed by atoms with van der Waals surface area (Å²) < 4.78 is 5.48. The number of nitrogens with zero attached hydrogens (tertiary/aromatic N) is 3. The molecule has 0 spiro atoms. The maximum Gasteiger partial charge on any atom is 0.409 e. The number of hydrogen-bond acceptors (Lipinski definition) is 6. The van der Waals surface area contributed by atoms with Gasteiger partial charge in [0.05, 0.1) is 11.5 Å². The number of amides is 3. The van der Waals surface area contributed by atoms with Gasteiger partial charge in [-0.2, -0.15) is 0 Å². The van der Waals surface area contributed by atoms with Crippen molar-refractivity contribution in [3.8, 4) is 0 Å². The molecule has 3 rings (SSSR count). The molecule has 10 heteroatoms. The average Bonchev–Trinajstić information content (AvgIpc) is 3.03. The van der Waals surface area contributed by atoms with Crippen LogP contribution in [0.1, 0.15) is 25.3 Å². The number of halogens is 1. The first kappa shape index (κ1) is 23.6. The molecule has 2 aliphatic heterocycles. The summed E-state index contributed by atoms with van der Waals surface area (Å²) in [4.78, 5) is 42.4. The molecular formula is C21H24ClN3O4S2. The monoisotopic (exact) mass is 481 g/mol. The van der Waals surface area contributed by atoms with E-state index in [1.807, 2.05) is 18.2 Å². The highest BCUT2D eigenvalue weighted by molar-refractivity contribution is 8.26. The van der Waals surface area contributed by atoms with Crippen molar-refractivity contribution in [2.45, 2.75) is 19.8 Å². The van der Waals surface area contributed by atoms with Gasteiger partial charge in [0.25, 0.3) is 5.91 Å². The molecule has 0 saturated carbocycles. The summed E-state index contributed by atoms with van der Waals surface area (Å²) in [6, 6.07) is 7.30. The molecule has 0 aliphatic carbocycles. The summed E-state index contributed by atoms with van der Waals surface area (Å²) >= 11 is 12.8. The van der Waals surface area contributed by atoms with Crippen molar-refractivity contribution in [1.29, 1.82) is 0 Å². The van der Waals surface area contributed by atoms with Gasteiger partial charge in [0.1, 0.15) is 4.32 Å². The van der Waals surface area contributed by atoms with Crippen LogP contribution < -0.4 is 0 Å². The first-order chi connectivity index (χ1) is 14.9. The van der Waals surface area contributed by atoms with Gasteiger partial charge in [-0.3, -0.25) is 14.5 Å². The van der Waals surface area contributed by atoms with Crippen molar-refractivity contribution < 1.29 is 19.1 Å². The zero-order valence-corrected chi connectivity index (χ0v) is 19.6. The van der Waals surface area contributed by atoms with Gasteiger partial charge in [0.2, 0.25) is 5.91 Å². The molecule has 31 heavy (non-hydrogen) atoms. The van der Waals surface area contributed by atoms with Crippen molar-refractivity contribution in [2.75, 3.05) is 39.3 Å². The third kappa shape index (κ3) is 5.99. The predicted octanol–water partition coefficient (Wildman–Crippen LogP) is 3.62. The van der Waals surface area contributed by atoms with Crippen LogP contribution in [0, 0.1) is 0 Å². The van der Waals surface area contributed by atoms with Gasteiger partial charge in [-0.25, -0.2) is 4.79 Å².